The molecule has 1 aliphatic rings. The second kappa shape index (κ2) is 4.95. The summed E-state index contributed by atoms with van der Waals surface area (Å²) < 4.78 is 9.23. The number of esters is 2. The van der Waals surface area contributed by atoms with Gasteiger partial charge in [0.25, 0.3) is 0 Å². The van der Waals surface area contributed by atoms with E-state index < -0.39 is 0 Å². The van der Waals surface area contributed by atoms with Crippen LogP contribution in [-0.4, -0.2) is 38.7 Å². The van der Waals surface area contributed by atoms with Crippen LogP contribution in [0.1, 0.15) is 12.8 Å². The summed E-state index contributed by atoms with van der Waals surface area (Å²) in [6, 6.07) is -0.377. The van der Waals surface area contributed by atoms with Crippen LogP contribution >= 0.6 is 0 Å². The van der Waals surface area contributed by atoms with Crippen LogP contribution in [0.15, 0.2) is 0 Å². The van der Waals surface area contributed by atoms with Gasteiger partial charge in [-0.1, -0.05) is 0 Å². The number of hydrogen-bond donors (Lipinski definition) is 1. The summed E-state index contributed by atoms with van der Waals surface area (Å²) in [5, 5.41) is 3.00. The molecule has 0 aromatic rings. The standard InChI is InChI=1S/C9H15NO4/c1-13-8(11)6-3-4-10-7(5-6)9(12)14-2/h6-7,10H,3-5H2,1-2H3/t6-,7+/m1/s1. The minimum absolute atomic E-state index is 0.189. The van der Waals surface area contributed by atoms with Crippen molar-refractivity contribution in [1.29, 1.82) is 0 Å². The van der Waals surface area contributed by atoms with E-state index in [2.05, 4.69) is 14.8 Å². The van der Waals surface area contributed by atoms with Gasteiger partial charge < -0.3 is 14.8 Å². The Labute approximate surface area is 82.8 Å². The molecule has 1 rings (SSSR count). The maximum Gasteiger partial charge on any atom is 0.322 e. The number of ether oxygens (including phenoxy) is 2. The molecule has 0 spiro atoms. The van der Waals surface area contributed by atoms with Gasteiger partial charge in [-0.15, -0.1) is 0 Å². The third kappa shape index (κ3) is 2.45. The Hall–Kier alpha value is -1.10. The highest BCUT2D eigenvalue weighted by Crippen LogP contribution is 2.18. The highest BCUT2D eigenvalue weighted by Gasteiger charge is 2.31. The van der Waals surface area contributed by atoms with Gasteiger partial charge in [0.2, 0.25) is 0 Å². The molecule has 2 atom stereocenters. The van der Waals surface area contributed by atoms with Crippen LogP contribution in [0.3, 0.4) is 0 Å². The molecule has 14 heavy (non-hydrogen) atoms. The number of rotatable bonds is 2. The van der Waals surface area contributed by atoms with E-state index in [1.165, 1.54) is 14.2 Å². The van der Waals surface area contributed by atoms with Crippen molar-refractivity contribution in [3.05, 3.63) is 0 Å². The quantitative estimate of drug-likeness (QED) is 0.621. The summed E-state index contributed by atoms with van der Waals surface area (Å²) in [5.74, 6) is -0.760. The highest BCUT2D eigenvalue weighted by atomic mass is 16.5. The molecule has 0 aromatic carbocycles. The van der Waals surface area contributed by atoms with Gasteiger partial charge in [0.15, 0.2) is 0 Å². The molecule has 0 radical (unpaired) electrons. The Morgan fingerprint density at radius 2 is 1.86 bits per heavy atom. The number of carbonyl (C=O) groups excluding carboxylic acids is 2. The minimum atomic E-state index is -0.377. The molecule has 0 unspecified atom stereocenters. The first-order valence-electron chi connectivity index (χ1n) is 4.58. The lowest BCUT2D eigenvalue weighted by Gasteiger charge is -2.26. The Bertz CT molecular complexity index is 207. The normalized spacial score (nSPS) is 26.7. The molecule has 1 aliphatic heterocycles. The van der Waals surface area contributed by atoms with Crippen molar-refractivity contribution < 1.29 is 19.1 Å². The Morgan fingerprint density at radius 1 is 1.21 bits per heavy atom. The van der Waals surface area contributed by atoms with Crippen LogP contribution in [0.5, 0.6) is 0 Å². The molecule has 0 amide bonds. The topological polar surface area (TPSA) is 64.6 Å². The van der Waals surface area contributed by atoms with Gasteiger partial charge in [0, 0.05) is 0 Å². The molecular weight excluding hydrogens is 186 g/mol. The fourth-order valence-electron chi connectivity index (χ4n) is 1.62. The highest BCUT2D eigenvalue weighted by molar-refractivity contribution is 5.78. The van der Waals surface area contributed by atoms with Crippen molar-refractivity contribution in [3.63, 3.8) is 0 Å². The molecular formula is C9H15NO4. The third-order valence-corrected chi connectivity index (χ3v) is 2.42. The van der Waals surface area contributed by atoms with E-state index in [1.807, 2.05) is 0 Å². The lowest BCUT2D eigenvalue weighted by Crippen LogP contribution is -2.45. The molecule has 80 valence electrons. The zero-order valence-electron chi connectivity index (χ0n) is 8.41. The number of nitrogens with one attached hydrogen (secondary N) is 1. The van der Waals surface area contributed by atoms with Crippen LogP contribution in [0.2, 0.25) is 0 Å². The molecule has 5 nitrogen and oxygen atoms in total. The predicted molar refractivity (Wildman–Crippen MR) is 48.5 cm³/mol. The number of hydrogen-bond acceptors (Lipinski definition) is 5. The van der Waals surface area contributed by atoms with E-state index in [0.717, 1.165) is 0 Å². The summed E-state index contributed by atoms with van der Waals surface area (Å²) in [7, 11) is 2.70. The minimum Gasteiger partial charge on any atom is -0.469 e. The zero-order chi connectivity index (χ0) is 10.6. The lowest BCUT2D eigenvalue weighted by atomic mass is 9.92. The zero-order valence-corrected chi connectivity index (χ0v) is 8.41. The summed E-state index contributed by atoms with van der Waals surface area (Å²) in [4.78, 5) is 22.4. The van der Waals surface area contributed by atoms with Crippen LogP contribution in [0.25, 0.3) is 0 Å². The summed E-state index contributed by atoms with van der Waals surface area (Å²) in [5.41, 5.74) is 0. The van der Waals surface area contributed by atoms with Crippen molar-refractivity contribution >= 4 is 11.9 Å². The predicted octanol–water partition coefficient (Wildman–Crippen LogP) is -0.299. The van der Waals surface area contributed by atoms with Gasteiger partial charge in [-0.3, -0.25) is 9.59 Å². The summed E-state index contributed by atoms with van der Waals surface area (Å²) in [6.45, 7) is 0.638. The van der Waals surface area contributed by atoms with Crippen LogP contribution in [-0.2, 0) is 19.1 Å². The first kappa shape index (κ1) is 11.0. The van der Waals surface area contributed by atoms with Crippen molar-refractivity contribution in [2.45, 2.75) is 18.9 Å². The molecule has 0 saturated carbocycles. The van der Waals surface area contributed by atoms with Gasteiger partial charge in [0.1, 0.15) is 6.04 Å². The van der Waals surface area contributed by atoms with E-state index in [1.54, 1.807) is 0 Å². The second-order valence-electron chi connectivity index (χ2n) is 3.27. The lowest BCUT2D eigenvalue weighted by molar-refractivity contribution is -0.149. The van der Waals surface area contributed by atoms with E-state index in [9.17, 15) is 9.59 Å². The smallest absolute Gasteiger partial charge is 0.322 e. The van der Waals surface area contributed by atoms with E-state index >= 15 is 0 Å². The Morgan fingerprint density at radius 3 is 2.43 bits per heavy atom. The van der Waals surface area contributed by atoms with E-state index in [4.69, 9.17) is 0 Å². The maximum absolute atomic E-state index is 11.2. The van der Waals surface area contributed by atoms with E-state index in [-0.39, 0.29) is 23.9 Å². The molecule has 0 aliphatic carbocycles. The first-order chi connectivity index (χ1) is 6.69. The molecule has 1 N–H and O–H groups in total. The van der Waals surface area contributed by atoms with Crippen molar-refractivity contribution in [3.8, 4) is 0 Å². The first-order valence-corrected chi connectivity index (χ1v) is 4.58. The van der Waals surface area contributed by atoms with Crippen molar-refractivity contribution in [1.82, 2.24) is 5.32 Å². The van der Waals surface area contributed by atoms with Gasteiger partial charge in [-0.25, -0.2) is 0 Å². The average Bonchev–Trinajstić information content (AvgIpc) is 2.27. The van der Waals surface area contributed by atoms with Gasteiger partial charge in [-0.2, -0.15) is 0 Å². The summed E-state index contributed by atoms with van der Waals surface area (Å²) >= 11 is 0. The number of carbonyl (C=O) groups is 2. The van der Waals surface area contributed by atoms with Crippen LogP contribution in [0, 0.1) is 5.92 Å². The van der Waals surface area contributed by atoms with E-state index in [0.29, 0.717) is 19.4 Å². The number of methoxy groups -OCH3 is 2. The Kier molecular flexibility index (Phi) is 3.88. The summed E-state index contributed by atoms with van der Waals surface area (Å²) in [6.07, 6.45) is 1.17. The third-order valence-electron chi connectivity index (χ3n) is 2.42. The van der Waals surface area contributed by atoms with Crippen molar-refractivity contribution in [2.75, 3.05) is 20.8 Å². The van der Waals surface area contributed by atoms with Gasteiger partial charge in [0.05, 0.1) is 20.1 Å². The molecule has 5 heteroatoms. The fraction of sp³-hybridized carbons (Fsp3) is 0.778. The van der Waals surface area contributed by atoms with Crippen molar-refractivity contribution in [2.24, 2.45) is 5.92 Å². The number of piperidine rings is 1. The molecule has 0 bridgehead atoms. The monoisotopic (exact) mass is 201 g/mol. The largest absolute Gasteiger partial charge is 0.469 e. The van der Waals surface area contributed by atoms with Crippen LogP contribution in [0.4, 0.5) is 0 Å². The molecule has 1 saturated heterocycles. The Balaban J connectivity index is 2.51. The molecule has 0 aromatic heterocycles. The fourth-order valence-corrected chi connectivity index (χ4v) is 1.62. The van der Waals surface area contributed by atoms with Gasteiger partial charge in [-0.05, 0) is 19.4 Å². The molecule has 1 fully saturated rings. The average molecular weight is 201 g/mol. The second-order valence-corrected chi connectivity index (χ2v) is 3.27. The molecule has 1 heterocycles. The SMILES string of the molecule is COC(=O)[C@@H]1CCN[C@H](C(=O)OC)C1. The van der Waals surface area contributed by atoms with Crippen LogP contribution < -0.4 is 5.32 Å². The van der Waals surface area contributed by atoms with Gasteiger partial charge >= 0.3 is 11.9 Å². The maximum atomic E-state index is 11.2.